The average molecular weight is 397 g/mol. The Balaban J connectivity index is 1.53. The van der Waals surface area contributed by atoms with E-state index in [9.17, 15) is 9.59 Å². The molecule has 24 heavy (non-hydrogen) atoms. The normalized spacial score (nSPS) is 15.0. The van der Waals surface area contributed by atoms with Gasteiger partial charge in [0.2, 0.25) is 5.91 Å². The number of carbonyl (C=O) groups is 2. The van der Waals surface area contributed by atoms with Crippen molar-refractivity contribution in [1.29, 1.82) is 0 Å². The van der Waals surface area contributed by atoms with Crippen LogP contribution in [0.4, 0.5) is 0 Å². The highest BCUT2D eigenvalue weighted by Gasteiger charge is 2.09. The third kappa shape index (κ3) is 6.98. The Labute approximate surface area is 151 Å². The van der Waals surface area contributed by atoms with Crippen molar-refractivity contribution in [2.75, 3.05) is 45.8 Å². The van der Waals surface area contributed by atoms with E-state index in [-0.39, 0.29) is 11.8 Å². The molecule has 0 saturated carbocycles. The Morgan fingerprint density at radius 3 is 2.50 bits per heavy atom. The predicted molar refractivity (Wildman–Crippen MR) is 98.0 cm³/mol. The van der Waals surface area contributed by atoms with Gasteiger partial charge in [-0.05, 0) is 37.2 Å². The lowest BCUT2D eigenvalue weighted by atomic mass is 10.2. The third-order valence-electron chi connectivity index (χ3n) is 3.93. The number of benzene rings is 1. The monoisotopic (exact) mass is 396 g/mol. The smallest absolute Gasteiger partial charge is 0.251 e. The van der Waals surface area contributed by atoms with Crippen LogP contribution < -0.4 is 16.0 Å². The molecule has 0 aromatic heterocycles. The summed E-state index contributed by atoms with van der Waals surface area (Å²) in [5.74, 6) is -0.180. The van der Waals surface area contributed by atoms with Gasteiger partial charge < -0.3 is 20.9 Å². The van der Waals surface area contributed by atoms with Crippen molar-refractivity contribution in [3.63, 3.8) is 0 Å². The first-order chi connectivity index (χ1) is 11.6. The molecular weight excluding hydrogens is 372 g/mol. The van der Waals surface area contributed by atoms with E-state index in [1.807, 2.05) is 12.1 Å². The second kappa shape index (κ2) is 10.4. The Morgan fingerprint density at radius 1 is 1.08 bits per heavy atom. The highest BCUT2D eigenvalue weighted by atomic mass is 79.9. The first-order valence-electron chi connectivity index (χ1n) is 8.39. The van der Waals surface area contributed by atoms with Gasteiger partial charge in [0.05, 0.1) is 0 Å². The fraction of sp³-hybridized carbons (Fsp3) is 0.529. The van der Waals surface area contributed by atoms with E-state index in [1.54, 1.807) is 12.1 Å². The van der Waals surface area contributed by atoms with Crippen molar-refractivity contribution < 1.29 is 9.59 Å². The van der Waals surface area contributed by atoms with Gasteiger partial charge in [0, 0.05) is 55.7 Å². The number of halogens is 1. The van der Waals surface area contributed by atoms with E-state index in [0.717, 1.165) is 43.6 Å². The quantitative estimate of drug-likeness (QED) is 0.572. The highest BCUT2D eigenvalue weighted by molar-refractivity contribution is 9.10. The van der Waals surface area contributed by atoms with Crippen molar-refractivity contribution in [3.05, 3.63) is 34.3 Å². The van der Waals surface area contributed by atoms with Gasteiger partial charge in [-0.25, -0.2) is 0 Å². The van der Waals surface area contributed by atoms with Gasteiger partial charge in [-0.2, -0.15) is 0 Å². The van der Waals surface area contributed by atoms with Crippen molar-refractivity contribution in [3.8, 4) is 0 Å². The van der Waals surface area contributed by atoms with Gasteiger partial charge in [-0.15, -0.1) is 0 Å². The topological polar surface area (TPSA) is 73.5 Å². The number of hydrogen-bond donors (Lipinski definition) is 3. The number of rotatable bonds is 8. The third-order valence-corrected chi connectivity index (χ3v) is 4.46. The van der Waals surface area contributed by atoms with Crippen LogP contribution in [-0.2, 0) is 4.79 Å². The van der Waals surface area contributed by atoms with E-state index in [0.29, 0.717) is 25.1 Å². The summed E-state index contributed by atoms with van der Waals surface area (Å²) in [5.41, 5.74) is 0.592. The summed E-state index contributed by atoms with van der Waals surface area (Å²) in [6, 6.07) is 7.13. The lowest BCUT2D eigenvalue weighted by Gasteiger charge is -2.27. The van der Waals surface area contributed by atoms with E-state index >= 15 is 0 Å². The van der Waals surface area contributed by atoms with Crippen LogP contribution >= 0.6 is 15.9 Å². The molecule has 1 heterocycles. The second-order valence-electron chi connectivity index (χ2n) is 5.81. The molecule has 0 atom stereocenters. The summed E-state index contributed by atoms with van der Waals surface area (Å²) >= 11 is 3.33. The number of hydrogen-bond acceptors (Lipinski definition) is 4. The van der Waals surface area contributed by atoms with Crippen LogP contribution in [0, 0.1) is 0 Å². The maximum Gasteiger partial charge on any atom is 0.251 e. The lowest BCUT2D eigenvalue weighted by Crippen LogP contribution is -2.44. The van der Waals surface area contributed by atoms with Gasteiger partial charge in [-0.3, -0.25) is 9.59 Å². The molecule has 3 N–H and O–H groups in total. The minimum Gasteiger partial charge on any atom is -0.356 e. The minimum atomic E-state index is -0.158. The summed E-state index contributed by atoms with van der Waals surface area (Å²) in [4.78, 5) is 26.1. The molecule has 1 saturated heterocycles. The van der Waals surface area contributed by atoms with Crippen LogP contribution in [0.3, 0.4) is 0 Å². The van der Waals surface area contributed by atoms with Crippen molar-refractivity contribution in [1.82, 2.24) is 20.9 Å². The van der Waals surface area contributed by atoms with Crippen molar-refractivity contribution in [2.24, 2.45) is 0 Å². The van der Waals surface area contributed by atoms with Crippen LogP contribution in [0.15, 0.2) is 28.7 Å². The summed E-state index contributed by atoms with van der Waals surface area (Å²) < 4.78 is 0.930. The van der Waals surface area contributed by atoms with Crippen molar-refractivity contribution in [2.45, 2.75) is 12.8 Å². The summed E-state index contributed by atoms with van der Waals surface area (Å²) in [6.07, 6.45) is 1.26. The first kappa shape index (κ1) is 18.9. The SMILES string of the molecule is O=C(CCNC(=O)c1ccc(Br)cc1)NCCCN1CCNCC1. The Kier molecular flexibility index (Phi) is 8.21. The maximum atomic E-state index is 11.9. The van der Waals surface area contributed by atoms with Gasteiger partial charge in [0.25, 0.3) is 5.91 Å². The van der Waals surface area contributed by atoms with Crippen LogP contribution in [0.1, 0.15) is 23.2 Å². The molecular formula is C17H25BrN4O2. The summed E-state index contributed by atoms with van der Waals surface area (Å²) in [6.45, 7) is 6.30. The van der Waals surface area contributed by atoms with Gasteiger partial charge >= 0.3 is 0 Å². The number of amides is 2. The Hall–Kier alpha value is -1.44. The van der Waals surface area contributed by atoms with Crippen LogP contribution in [-0.4, -0.2) is 62.5 Å². The summed E-state index contributed by atoms with van der Waals surface area (Å²) in [7, 11) is 0. The van der Waals surface area contributed by atoms with Crippen molar-refractivity contribution >= 4 is 27.7 Å². The largest absolute Gasteiger partial charge is 0.356 e. The molecule has 6 nitrogen and oxygen atoms in total. The van der Waals surface area contributed by atoms with E-state index in [1.165, 1.54) is 0 Å². The standard InChI is InChI=1S/C17H25BrN4O2/c18-15-4-2-14(3-5-15)17(24)21-8-6-16(23)20-7-1-11-22-12-9-19-10-13-22/h2-5,19H,1,6-13H2,(H,20,23)(H,21,24). The molecule has 132 valence electrons. The summed E-state index contributed by atoms with van der Waals surface area (Å²) in [5, 5.41) is 8.99. The zero-order valence-electron chi connectivity index (χ0n) is 13.8. The van der Waals surface area contributed by atoms with E-state index in [4.69, 9.17) is 0 Å². The minimum absolute atomic E-state index is 0.0218. The molecule has 0 aliphatic carbocycles. The molecule has 1 aromatic rings. The maximum absolute atomic E-state index is 11.9. The number of piperazine rings is 1. The van der Waals surface area contributed by atoms with Gasteiger partial charge in [0.1, 0.15) is 0 Å². The second-order valence-corrected chi connectivity index (χ2v) is 6.72. The fourth-order valence-corrected chi connectivity index (χ4v) is 2.81. The Bertz CT molecular complexity index is 530. The zero-order chi connectivity index (χ0) is 17.2. The van der Waals surface area contributed by atoms with Gasteiger partial charge in [0.15, 0.2) is 0 Å². The highest BCUT2D eigenvalue weighted by Crippen LogP contribution is 2.10. The molecule has 2 rings (SSSR count). The van der Waals surface area contributed by atoms with Crippen LogP contribution in [0.25, 0.3) is 0 Å². The molecule has 0 unspecified atom stereocenters. The van der Waals surface area contributed by atoms with Crippen LogP contribution in [0.5, 0.6) is 0 Å². The fourth-order valence-electron chi connectivity index (χ4n) is 2.55. The molecule has 1 aromatic carbocycles. The predicted octanol–water partition coefficient (Wildman–Crippen LogP) is 0.981. The van der Waals surface area contributed by atoms with Gasteiger partial charge in [-0.1, -0.05) is 15.9 Å². The molecule has 1 aliphatic heterocycles. The van der Waals surface area contributed by atoms with E-state index < -0.39 is 0 Å². The number of nitrogens with one attached hydrogen (secondary N) is 3. The molecule has 2 amide bonds. The number of carbonyl (C=O) groups excluding carboxylic acids is 2. The average Bonchev–Trinajstić information content (AvgIpc) is 2.60. The van der Waals surface area contributed by atoms with E-state index in [2.05, 4.69) is 36.8 Å². The number of nitrogens with zero attached hydrogens (tertiary/aromatic N) is 1. The molecule has 0 spiro atoms. The Morgan fingerprint density at radius 2 is 1.79 bits per heavy atom. The molecule has 1 aliphatic rings. The molecule has 1 fully saturated rings. The van der Waals surface area contributed by atoms with Crippen LogP contribution in [0.2, 0.25) is 0 Å². The lowest BCUT2D eigenvalue weighted by molar-refractivity contribution is -0.120. The molecule has 7 heteroatoms. The molecule has 0 bridgehead atoms. The first-order valence-corrected chi connectivity index (χ1v) is 9.18. The molecule has 0 radical (unpaired) electrons. The zero-order valence-corrected chi connectivity index (χ0v) is 15.4.